The van der Waals surface area contributed by atoms with Crippen molar-refractivity contribution in [1.29, 1.82) is 5.26 Å². The third-order valence-corrected chi connectivity index (χ3v) is 8.58. The highest BCUT2D eigenvalue weighted by atomic mass is 32.2. The Labute approximate surface area is 209 Å². The van der Waals surface area contributed by atoms with E-state index in [4.69, 9.17) is 9.47 Å². The number of hydrogen-bond acceptors (Lipinski definition) is 7. The summed E-state index contributed by atoms with van der Waals surface area (Å²) in [5.41, 5.74) is 2.12. The van der Waals surface area contributed by atoms with Crippen LogP contribution in [0.4, 0.5) is 4.39 Å². The number of nitrogens with one attached hydrogen (secondary N) is 2. The van der Waals surface area contributed by atoms with Crippen molar-refractivity contribution < 1.29 is 27.1 Å². The van der Waals surface area contributed by atoms with E-state index in [0.717, 1.165) is 19.4 Å². The van der Waals surface area contributed by atoms with Crippen molar-refractivity contribution in [1.82, 2.24) is 14.9 Å². The van der Waals surface area contributed by atoms with E-state index in [0.29, 0.717) is 48.7 Å². The molecule has 3 aliphatic heterocycles. The first-order valence-corrected chi connectivity index (χ1v) is 13.4. The van der Waals surface area contributed by atoms with Crippen LogP contribution >= 0.6 is 0 Å². The fraction of sp³-hybridized carbons (Fsp3) is 0.440. The third kappa shape index (κ3) is 4.82. The van der Waals surface area contributed by atoms with Crippen molar-refractivity contribution in [2.75, 3.05) is 32.8 Å². The Hall–Kier alpha value is -3.04. The molecule has 2 fully saturated rings. The second kappa shape index (κ2) is 10.1. The number of benzene rings is 2. The molecule has 36 heavy (non-hydrogen) atoms. The first-order valence-electron chi connectivity index (χ1n) is 12.0. The lowest BCUT2D eigenvalue weighted by molar-refractivity contribution is -0.132. The van der Waals surface area contributed by atoms with Crippen LogP contribution in [0.2, 0.25) is 0 Å². The van der Waals surface area contributed by atoms with Gasteiger partial charge >= 0.3 is 0 Å². The second-order valence-electron chi connectivity index (χ2n) is 9.12. The summed E-state index contributed by atoms with van der Waals surface area (Å²) in [5.74, 6) is -0.510. The van der Waals surface area contributed by atoms with Crippen molar-refractivity contribution in [2.45, 2.75) is 42.9 Å². The Balaban J connectivity index is 1.34. The summed E-state index contributed by atoms with van der Waals surface area (Å²) in [6.45, 7) is 2.73. The summed E-state index contributed by atoms with van der Waals surface area (Å²) in [6.07, 6.45) is 0.908. The van der Waals surface area contributed by atoms with E-state index in [1.54, 1.807) is 24.3 Å². The Bertz CT molecular complexity index is 1310. The standard InChI is InChI=1S/C25H27FN4O5S/c26-22-12-21-20-4-3-19(36(32,33)30-6-2-7-30)10-17(20)15-35-23(21)11-16(22)9-18(13-27)29-25(31)24-14-28-5-1-8-34-24/h3-4,10-12,18,24,28H,1-2,5-9,14-15H2,(H,29,31)/t18-,24+/m1/s1. The Morgan fingerprint density at radius 2 is 2.08 bits per heavy atom. The molecule has 9 nitrogen and oxygen atoms in total. The van der Waals surface area contributed by atoms with Crippen LogP contribution in [0.25, 0.3) is 11.1 Å². The van der Waals surface area contributed by atoms with Crippen LogP contribution in [0, 0.1) is 17.1 Å². The summed E-state index contributed by atoms with van der Waals surface area (Å²) < 4.78 is 53.4. The summed E-state index contributed by atoms with van der Waals surface area (Å²) in [5, 5.41) is 15.3. The molecule has 0 aromatic heterocycles. The molecule has 5 rings (SSSR count). The van der Waals surface area contributed by atoms with Crippen molar-refractivity contribution in [2.24, 2.45) is 0 Å². The third-order valence-electron chi connectivity index (χ3n) is 6.69. The van der Waals surface area contributed by atoms with E-state index in [2.05, 4.69) is 10.6 Å². The van der Waals surface area contributed by atoms with Gasteiger partial charge in [0.05, 0.1) is 11.0 Å². The van der Waals surface area contributed by atoms with Crippen LogP contribution in [-0.4, -0.2) is 63.6 Å². The van der Waals surface area contributed by atoms with Crippen LogP contribution in [-0.2, 0) is 32.6 Å². The molecule has 1 amide bonds. The summed E-state index contributed by atoms with van der Waals surface area (Å²) in [4.78, 5) is 12.7. The average Bonchev–Trinajstić information content (AvgIpc) is 3.12. The maximum absolute atomic E-state index is 15.1. The van der Waals surface area contributed by atoms with Crippen molar-refractivity contribution in [3.8, 4) is 22.9 Å². The topological polar surface area (TPSA) is 121 Å². The fourth-order valence-corrected chi connectivity index (χ4v) is 6.09. The van der Waals surface area contributed by atoms with E-state index < -0.39 is 33.9 Å². The molecule has 190 valence electrons. The van der Waals surface area contributed by atoms with Gasteiger partial charge < -0.3 is 20.1 Å². The van der Waals surface area contributed by atoms with Gasteiger partial charge in [-0.1, -0.05) is 6.07 Å². The number of ether oxygens (including phenoxy) is 2. The normalized spacial score (nSPS) is 20.5. The minimum Gasteiger partial charge on any atom is -0.488 e. The van der Waals surface area contributed by atoms with Crippen molar-refractivity contribution >= 4 is 15.9 Å². The average molecular weight is 515 g/mol. The second-order valence-corrected chi connectivity index (χ2v) is 11.1. The van der Waals surface area contributed by atoms with Gasteiger partial charge in [-0.15, -0.1) is 0 Å². The summed E-state index contributed by atoms with van der Waals surface area (Å²) in [6, 6.07) is 8.76. The first-order chi connectivity index (χ1) is 17.4. The highest BCUT2D eigenvalue weighted by Crippen LogP contribution is 2.40. The van der Waals surface area contributed by atoms with E-state index in [-0.39, 0.29) is 23.5 Å². The zero-order chi connectivity index (χ0) is 25.3. The molecule has 3 aliphatic rings. The molecule has 2 aromatic carbocycles. The molecular weight excluding hydrogens is 487 g/mol. The lowest BCUT2D eigenvalue weighted by atomic mass is 9.94. The fourth-order valence-electron chi connectivity index (χ4n) is 4.52. The number of fused-ring (bicyclic) bond motifs is 3. The van der Waals surface area contributed by atoms with Crippen LogP contribution in [0.15, 0.2) is 35.2 Å². The number of rotatable bonds is 6. The lowest BCUT2D eigenvalue weighted by Crippen LogP contribution is -2.46. The summed E-state index contributed by atoms with van der Waals surface area (Å²) >= 11 is 0. The Morgan fingerprint density at radius 1 is 1.25 bits per heavy atom. The molecule has 0 bridgehead atoms. The minimum atomic E-state index is -3.54. The van der Waals surface area contributed by atoms with Gasteiger partial charge in [-0.25, -0.2) is 12.8 Å². The number of hydrogen-bond donors (Lipinski definition) is 2. The number of carbonyl (C=O) groups is 1. The minimum absolute atomic E-state index is 0.0370. The zero-order valence-corrected chi connectivity index (χ0v) is 20.4. The quantitative estimate of drug-likeness (QED) is 0.602. The first kappa shape index (κ1) is 24.6. The van der Waals surface area contributed by atoms with E-state index in [9.17, 15) is 18.5 Å². The van der Waals surface area contributed by atoms with Crippen LogP contribution < -0.4 is 15.4 Å². The highest BCUT2D eigenvalue weighted by molar-refractivity contribution is 7.89. The van der Waals surface area contributed by atoms with Crippen molar-refractivity contribution in [3.05, 3.63) is 47.3 Å². The van der Waals surface area contributed by atoms with Gasteiger partial charge in [0.15, 0.2) is 0 Å². The van der Waals surface area contributed by atoms with Crippen LogP contribution in [0.5, 0.6) is 5.75 Å². The van der Waals surface area contributed by atoms with Gasteiger partial charge in [-0.05, 0) is 60.3 Å². The molecule has 2 N–H and O–H groups in total. The summed E-state index contributed by atoms with van der Waals surface area (Å²) in [7, 11) is -3.54. The molecule has 2 atom stereocenters. The van der Waals surface area contributed by atoms with E-state index >= 15 is 4.39 Å². The monoisotopic (exact) mass is 514 g/mol. The molecule has 0 aliphatic carbocycles. The predicted molar refractivity (Wildman–Crippen MR) is 128 cm³/mol. The zero-order valence-electron chi connectivity index (χ0n) is 19.6. The van der Waals surface area contributed by atoms with Crippen LogP contribution in [0.3, 0.4) is 0 Å². The molecule has 0 spiro atoms. The molecule has 0 unspecified atom stereocenters. The number of amides is 1. The molecular formula is C25H27FN4O5S. The van der Waals surface area contributed by atoms with Gasteiger partial charge in [-0.3, -0.25) is 4.79 Å². The van der Waals surface area contributed by atoms with E-state index in [1.807, 2.05) is 6.07 Å². The molecule has 0 radical (unpaired) electrons. The smallest absolute Gasteiger partial charge is 0.251 e. The van der Waals surface area contributed by atoms with E-state index in [1.165, 1.54) is 10.4 Å². The molecule has 0 saturated carbocycles. The Kier molecular flexibility index (Phi) is 6.94. The van der Waals surface area contributed by atoms with Crippen LogP contribution in [0.1, 0.15) is 24.0 Å². The van der Waals surface area contributed by atoms with Gasteiger partial charge in [-0.2, -0.15) is 9.57 Å². The van der Waals surface area contributed by atoms with Gasteiger partial charge in [0.25, 0.3) is 5.91 Å². The van der Waals surface area contributed by atoms with Gasteiger partial charge in [0, 0.05) is 38.2 Å². The predicted octanol–water partition coefficient (Wildman–Crippen LogP) is 1.71. The Morgan fingerprint density at radius 3 is 2.83 bits per heavy atom. The number of carbonyl (C=O) groups excluding carboxylic acids is 1. The molecule has 2 saturated heterocycles. The van der Waals surface area contributed by atoms with Gasteiger partial charge in [0.2, 0.25) is 10.0 Å². The number of sulfonamides is 1. The van der Waals surface area contributed by atoms with Crippen molar-refractivity contribution in [3.63, 3.8) is 0 Å². The molecule has 11 heteroatoms. The number of halogens is 1. The maximum Gasteiger partial charge on any atom is 0.251 e. The number of nitriles is 1. The highest BCUT2D eigenvalue weighted by Gasteiger charge is 2.31. The molecule has 3 heterocycles. The molecule has 2 aromatic rings. The lowest BCUT2D eigenvalue weighted by Gasteiger charge is -2.30. The number of nitrogens with zero attached hydrogens (tertiary/aromatic N) is 2. The largest absolute Gasteiger partial charge is 0.488 e. The maximum atomic E-state index is 15.1. The van der Waals surface area contributed by atoms with Gasteiger partial charge in [0.1, 0.15) is 30.3 Å². The SMILES string of the molecule is N#C[C@@H](Cc1cc2c(cc1F)-c1ccc(S(=O)(=O)N3CCC3)cc1CO2)NC(=O)[C@@H]1CNCCCO1.